The number of aliphatic hydroxyl groups is 1. The lowest BCUT2D eigenvalue weighted by Gasteiger charge is -2.17. The normalized spacial score (nSPS) is 22.1. The van der Waals surface area contributed by atoms with E-state index in [1.54, 1.807) is 19.4 Å². The molecule has 1 saturated carbocycles. The molecule has 2 heterocycles. The topological polar surface area (TPSA) is 80.3 Å². The second-order valence-corrected chi connectivity index (χ2v) is 7.16. The van der Waals surface area contributed by atoms with Crippen molar-refractivity contribution in [1.82, 2.24) is 15.1 Å². The Balaban J connectivity index is 1.47. The van der Waals surface area contributed by atoms with Gasteiger partial charge in [0, 0.05) is 24.5 Å². The van der Waals surface area contributed by atoms with Crippen molar-refractivity contribution in [2.24, 2.45) is 5.92 Å². The third kappa shape index (κ3) is 3.66. The molecule has 6 heteroatoms. The van der Waals surface area contributed by atoms with E-state index in [9.17, 15) is 9.90 Å². The predicted octanol–water partition coefficient (Wildman–Crippen LogP) is 3.02. The van der Waals surface area contributed by atoms with Crippen molar-refractivity contribution in [3.8, 4) is 11.1 Å². The second kappa shape index (κ2) is 7.40. The molecule has 0 aliphatic heterocycles. The Morgan fingerprint density at radius 1 is 1.30 bits per heavy atom. The molecule has 0 saturated heterocycles. The highest BCUT2D eigenvalue weighted by Crippen LogP contribution is 2.30. The average molecular weight is 365 g/mol. The van der Waals surface area contributed by atoms with Gasteiger partial charge in [-0.2, -0.15) is 5.10 Å². The molecule has 3 aromatic rings. The minimum atomic E-state index is -0.554. The van der Waals surface area contributed by atoms with E-state index in [4.69, 9.17) is 4.42 Å². The van der Waals surface area contributed by atoms with Gasteiger partial charge < -0.3 is 14.8 Å². The fourth-order valence-corrected chi connectivity index (χ4v) is 3.90. The van der Waals surface area contributed by atoms with Crippen molar-refractivity contribution in [2.45, 2.75) is 38.5 Å². The zero-order valence-corrected chi connectivity index (χ0v) is 15.2. The molecule has 6 nitrogen and oxygen atoms in total. The van der Waals surface area contributed by atoms with Crippen LogP contribution in [0.25, 0.3) is 11.1 Å². The van der Waals surface area contributed by atoms with Gasteiger partial charge in [-0.05, 0) is 37.3 Å². The summed E-state index contributed by atoms with van der Waals surface area (Å²) in [5.41, 5.74) is 2.23. The summed E-state index contributed by atoms with van der Waals surface area (Å²) in [7, 11) is 0. The lowest BCUT2D eigenvalue weighted by molar-refractivity contribution is 0.0872. The third-order valence-electron chi connectivity index (χ3n) is 5.23. The summed E-state index contributed by atoms with van der Waals surface area (Å²) in [6.07, 6.45) is 6.11. The number of rotatable bonds is 5. The molecule has 140 valence electrons. The van der Waals surface area contributed by atoms with Gasteiger partial charge in [0.1, 0.15) is 5.76 Å². The molecule has 2 N–H and O–H groups in total. The number of aliphatic hydroxyl groups excluding tert-OH is 1. The first-order chi connectivity index (χ1) is 13.1. The van der Waals surface area contributed by atoms with Gasteiger partial charge in [0.25, 0.3) is 5.91 Å². The van der Waals surface area contributed by atoms with Gasteiger partial charge in [-0.25, -0.2) is 0 Å². The minimum absolute atomic E-state index is 0.205. The summed E-state index contributed by atoms with van der Waals surface area (Å²) in [4.78, 5) is 12.9. The molecular formula is C21H23N3O3. The summed E-state index contributed by atoms with van der Waals surface area (Å²) in [5, 5.41) is 17.7. The van der Waals surface area contributed by atoms with Crippen LogP contribution in [0.4, 0.5) is 0 Å². The number of amides is 1. The maximum Gasteiger partial charge on any atom is 0.255 e. The van der Waals surface area contributed by atoms with Crippen molar-refractivity contribution >= 4 is 5.91 Å². The molecule has 1 fully saturated rings. The quantitative estimate of drug-likeness (QED) is 0.728. The summed E-state index contributed by atoms with van der Waals surface area (Å²) < 4.78 is 7.39. The van der Waals surface area contributed by atoms with Crippen molar-refractivity contribution < 1.29 is 14.3 Å². The Morgan fingerprint density at radius 3 is 2.85 bits per heavy atom. The Hall–Kier alpha value is -2.86. The van der Waals surface area contributed by atoms with Crippen LogP contribution in [0.3, 0.4) is 0 Å². The summed E-state index contributed by atoms with van der Waals surface area (Å²) >= 11 is 0. The molecule has 1 aromatic carbocycles. The lowest BCUT2D eigenvalue weighted by atomic mass is 10.0. The van der Waals surface area contributed by atoms with E-state index in [1.807, 2.05) is 47.3 Å². The summed E-state index contributed by atoms with van der Waals surface area (Å²) in [5.74, 6) is 0.653. The van der Waals surface area contributed by atoms with Crippen LogP contribution < -0.4 is 5.32 Å². The molecule has 1 unspecified atom stereocenters. The van der Waals surface area contributed by atoms with Crippen LogP contribution in [0.1, 0.15) is 29.0 Å². The van der Waals surface area contributed by atoms with Gasteiger partial charge in [-0.1, -0.05) is 30.3 Å². The fourth-order valence-electron chi connectivity index (χ4n) is 3.90. The zero-order valence-electron chi connectivity index (χ0n) is 15.2. The van der Waals surface area contributed by atoms with Crippen LogP contribution in [0, 0.1) is 12.8 Å². The number of nitrogens with one attached hydrogen (secondary N) is 1. The smallest absolute Gasteiger partial charge is 0.255 e. The Morgan fingerprint density at radius 2 is 2.11 bits per heavy atom. The van der Waals surface area contributed by atoms with Gasteiger partial charge in [-0.15, -0.1) is 0 Å². The number of nitrogens with zero attached hydrogens (tertiary/aromatic N) is 2. The maximum atomic E-state index is 12.9. The third-order valence-corrected chi connectivity index (χ3v) is 5.23. The second-order valence-electron chi connectivity index (χ2n) is 7.16. The maximum absolute atomic E-state index is 12.9. The monoisotopic (exact) mass is 365 g/mol. The largest absolute Gasteiger partial charge is 0.468 e. The number of aromatic nitrogens is 2. The van der Waals surface area contributed by atoms with Crippen LogP contribution in [0.2, 0.25) is 0 Å². The van der Waals surface area contributed by atoms with Gasteiger partial charge >= 0.3 is 0 Å². The van der Waals surface area contributed by atoms with E-state index in [1.165, 1.54) is 0 Å². The van der Waals surface area contributed by atoms with Crippen LogP contribution >= 0.6 is 0 Å². The molecule has 0 radical (unpaired) electrons. The Bertz CT molecular complexity index is 902. The van der Waals surface area contributed by atoms with Gasteiger partial charge in [0.15, 0.2) is 0 Å². The van der Waals surface area contributed by atoms with Crippen LogP contribution in [-0.2, 0) is 6.54 Å². The van der Waals surface area contributed by atoms with E-state index in [0.717, 1.165) is 24.1 Å². The van der Waals surface area contributed by atoms with Gasteiger partial charge in [0.2, 0.25) is 0 Å². The minimum Gasteiger partial charge on any atom is -0.468 e. The SMILES string of the molecule is Cc1occ(-c2ccccc2)c1C(=O)N[C@@H]1CC(Cn2cccn2)C[C@H]1O. The number of benzene rings is 1. The molecule has 2 aromatic heterocycles. The number of carbonyl (C=O) groups excluding carboxylic acids is 1. The van der Waals surface area contributed by atoms with Crippen LogP contribution in [0.5, 0.6) is 0 Å². The van der Waals surface area contributed by atoms with Crippen molar-refractivity contribution in [2.75, 3.05) is 0 Å². The van der Waals surface area contributed by atoms with Crippen LogP contribution in [0.15, 0.2) is 59.5 Å². The molecule has 3 atom stereocenters. The first kappa shape index (κ1) is 17.5. The van der Waals surface area contributed by atoms with E-state index in [2.05, 4.69) is 10.4 Å². The first-order valence-corrected chi connectivity index (χ1v) is 9.21. The van der Waals surface area contributed by atoms with Crippen molar-refractivity contribution in [1.29, 1.82) is 0 Å². The Labute approximate surface area is 157 Å². The summed E-state index contributed by atoms with van der Waals surface area (Å²) in [6.45, 7) is 2.53. The van der Waals surface area contributed by atoms with E-state index < -0.39 is 6.10 Å². The molecule has 1 aliphatic rings. The fraction of sp³-hybridized carbons (Fsp3) is 0.333. The number of aryl methyl sites for hydroxylation is 1. The van der Waals surface area contributed by atoms with E-state index >= 15 is 0 Å². The number of hydrogen-bond donors (Lipinski definition) is 2. The van der Waals surface area contributed by atoms with Crippen LogP contribution in [-0.4, -0.2) is 32.9 Å². The molecule has 1 amide bonds. The van der Waals surface area contributed by atoms with E-state index in [-0.39, 0.29) is 17.9 Å². The van der Waals surface area contributed by atoms with Crippen molar-refractivity contribution in [3.05, 3.63) is 66.4 Å². The molecular weight excluding hydrogens is 342 g/mol. The van der Waals surface area contributed by atoms with Gasteiger partial charge in [0.05, 0.1) is 24.0 Å². The Kier molecular flexibility index (Phi) is 4.81. The molecule has 0 bridgehead atoms. The standard InChI is InChI=1S/C21H23N3O3/c1-14-20(17(13-27-14)16-6-3-2-4-7-16)21(26)23-18-10-15(11-19(18)25)12-24-9-5-8-22-24/h2-9,13,15,18-19,25H,10-12H2,1H3,(H,23,26)/t15?,18-,19-/m1/s1. The first-order valence-electron chi connectivity index (χ1n) is 9.21. The highest BCUT2D eigenvalue weighted by Gasteiger charge is 2.35. The van der Waals surface area contributed by atoms with Crippen molar-refractivity contribution in [3.63, 3.8) is 0 Å². The molecule has 0 spiro atoms. The zero-order chi connectivity index (χ0) is 18.8. The average Bonchev–Trinajstić information content (AvgIpc) is 3.38. The molecule has 1 aliphatic carbocycles. The summed E-state index contributed by atoms with van der Waals surface area (Å²) in [6, 6.07) is 11.3. The number of furan rings is 1. The number of carbonyl (C=O) groups is 1. The van der Waals surface area contributed by atoms with Gasteiger partial charge in [-0.3, -0.25) is 9.48 Å². The molecule has 27 heavy (non-hydrogen) atoms. The van der Waals surface area contributed by atoms with E-state index in [0.29, 0.717) is 17.7 Å². The lowest BCUT2D eigenvalue weighted by Crippen LogP contribution is -2.40. The predicted molar refractivity (Wildman–Crippen MR) is 101 cm³/mol. The molecule has 4 rings (SSSR count). The number of hydrogen-bond acceptors (Lipinski definition) is 4. The highest BCUT2D eigenvalue weighted by atomic mass is 16.3. The highest BCUT2D eigenvalue weighted by molar-refractivity contribution is 6.01.